The first-order chi connectivity index (χ1) is 18.5. The van der Waals surface area contributed by atoms with E-state index in [2.05, 4.69) is 78.7 Å². The molecule has 39 heavy (non-hydrogen) atoms. The summed E-state index contributed by atoms with van der Waals surface area (Å²) in [5.41, 5.74) is 3.69. The highest BCUT2D eigenvalue weighted by atomic mass is 16.6. The maximum atomic E-state index is 12.1. The molecule has 0 saturated carbocycles. The van der Waals surface area contributed by atoms with Crippen LogP contribution >= 0.6 is 0 Å². The zero-order valence-electron chi connectivity index (χ0n) is 23.7. The van der Waals surface area contributed by atoms with Gasteiger partial charge in [0.05, 0.1) is 11.6 Å². The van der Waals surface area contributed by atoms with Crippen molar-refractivity contribution in [1.82, 2.24) is 19.8 Å². The van der Waals surface area contributed by atoms with Gasteiger partial charge < -0.3 is 15.0 Å². The third-order valence-corrected chi connectivity index (χ3v) is 8.01. The van der Waals surface area contributed by atoms with E-state index in [-0.39, 0.29) is 35.5 Å². The summed E-state index contributed by atoms with van der Waals surface area (Å²) >= 11 is 0. The number of anilines is 2. The van der Waals surface area contributed by atoms with Crippen molar-refractivity contribution in [1.29, 1.82) is 0 Å². The molecule has 1 spiro atoms. The van der Waals surface area contributed by atoms with Gasteiger partial charge in [0.2, 0.25) is 11.9 Å². The van der Waals surface area contributed by atoms with E-state index in [1.54, 1.807) is 6.20 Å². The van der Waals surface area contributed by atoms with E-state index in [9.17, 15) is 9.59 Å². The Labute approximate surface area is 231 Å². The molecular weight excluding hydrogens is 492 g/mol. The van der Waals surface area contributed by atoms with E-state index in [0.29, 0.717) is 24.4 Å². The minimum absolute atomic E-state index is 0.0144. The standard InChI is InChI=1S/C30H40N6O3/c1-7-25(37)35-18-30(19-35)16-34(17-30)24(13-29(4,5)6)22-11-9-21(10-12-22)20(3)32-27-31-14-23-15-39-28(38)36(8-2)26(23)33-27/h7,9-12,14,20,24H,1,8,13,15-19H2,2-6H3,(H,31,32,33)/t20-,24?/m0/s1. The predicted octanol–water partition coefficient (Wildman–Crippen LogP) is 4.93. The summed E-state index contributed by atoms with van der Waals surface area (Å²) in [5, 5.41) is 3.39. The Morgan fingerprint density at radius 3 is 2.46 bits per heavy atom. The Morgan fingerprint density at radius 2 is 1.85 bits per heavy atom. The largest absolute Gasteiger partial charge is 0.444 e. The quantitative estimate of drug-likeness (QED) is 0.482. The minimum atomic E-state index is -0.379. The molecular formula is C30H40N6O3. The molecule has 208 valence electrons. The van der Waals surface area contributed by atoms with Crippen molar-refractivity contribution in [3.8, 4) is 0 Å². The molecule has 3 aliphatic heterocycles. The van der Waals surface area contributed by atoms with E-state index in [1.165, 1.54) is 16.5 Å². The van der Waals surface area contributed by atoms with Crippen LogP contribution < -0.4 is 10.2 Å². The van der Waals surface area contributed by atoms with Gasteiger partial charge in [-0.2, -0.15) is 4.98 Å². The Kier molecular flexibility index (Phi) is 7.13. The number of cyclic esters (lactones) is 1. The Balaban J connectivity index is 1.26. The van der Waals surface area contributed by atoms with Crippen LogP contribution in [-0.2, 0) is 16.1 Å². The number of nitrogens with zero attached hydrogens (tertiary/aromatic N) is 5. The number of hydrogen-bond donors (Lipinski definition) is 1. The highest BCUT2D eigenvalue weighted by Crippen LogP contribution is 2.46. The molecule has 5 rings (SSSR count). The lowest BCUT2D eigenvalue weighted by molar-refractivity contribution is -0.160. The summed E-state index contributed by atoms with van der Waals surface area (Å²) in [5.74, 6) is 1.13. The summed E-state index contributed by atoms with van der Waals surface area (Å²) in [7, 11) is 0. The van der Waals surface area contributed by atoms with E-state index < -0.39 is 0 Å². The SMILES string of the molecule is C=CC(=O)N1CC2(C1)CN(C(CC(C)(C)C)c1ccc([C@H](C)Nc3ncc4c(n3)N(CC)C(=O)OC4)cc1)C2. The first kappa shape index (κ1) is 27.1. The number of aromatic nitrogens is 2. The lowest BCUT2D eigenvalue weighted by Crippen LogP contribution is -2.73. The second-order valence-electron chi connectivity index (χ2n) is 12.5. The highest BCUT2D eigenvalue weighted by molar-refractivity contribution is 5.89. The second kappa shape index (κ2) is 10.3. The van der Waals surface area contributed by atoms with Crippen molar-refractivity contribution in [3.05, 3.63) is 59.8 Å². The Bertz CT molecular complexity index is 1240. The van der Waals surface area contributed by atoms with Crippen molar-refractivity contribution in [3.63, 3.8) is 0 Å². The molecule has 2 saturated heterocycles. The number of likely N-dealkylation sites (tertiary alicyclic amines) is 2. The number of ether oxygens (including phenoxy) is 1. The minimum Gasteiger partial charge on any atom is -0.444 e. The first-order valence-electron chi connectivity index (χ1n) is 13.8. The van der Waals surface area contributed by atoms with Crippen LogP contribution in [0.3, 0.4) is 0 Å². The van der Waals surface area contributed by atoms with Crippen LogP contribution in [-0.4, -0.2) is 64.5 Å². The topological polar surface area (TPSA) is 90.9 Å². The molecule has 0 radical (unpaired) electrons. The van der Waals surface area contributed by atoms with Gasteiger partial charge in [-0.3, -0.25) is 14.6 Å². The van der Waals surface area contributed by atoms with Gasteiger partial charge in [-0.05, 0) is 42.9 Å². The second-order valence-corrected chi connectivity index (χ2v) is 12.5. The normalized spacial score (nSPS) is 19.9. The van der Waals surface area contributed by atoms with Crippen molar-refractivity contribution in [2.75, 3.05) is 42.9 Å². The monoisotopic (exact) mass is 532 g/mol. The smallest absolute Gasteiger partial charge is 0.415 e. The van der Waals surface area contributed by atoms with Gasteiger partial charge in [0.15, 0.2) is 0 Å². The van der Waals surface area contributed by atoms with Gasteiger partial charge in [0, 0.05) is 50.4 Å². The molecule has 1 aromatic carbocycles. The summed E-state index contributed by atoms with van der Waals surface area (Å²) in [6, 6.07) is 9.16. The van der Waals surface area contributed by atoms with Crippen molar-refractivity contribution >= 4 is 23.8 Å². The van der Waals surface area contributed by atoms with E-state index in [1.807, 2.05) is 11.8 Å². The highest BCUT2D eigenvalue weighted by Gasteiger charge is 2.54. The number of carbonyl (C=O) groups is 2. The number of hydrogen-bond acceptors (Lipinski definition) is 7. The van der Waals surface area contributed by atoms with Crippen LogP contribution in [0, 0.1) is 10.8 Å². The lowest BCUT2D eigenvalue weighted by atomic mass is 9.70. The summed E-state index contributed by atoms with van der Waals surface area (Å²) in [6.07, 6.45) is 3.82. The molecule has 2 atom stereocenters. The van der Waals surface area contributed by atoms with Crippen LogP contribution in [0.2, 0.25) is 0 Å². The van der Waals surface area contributed by atoms with Crippen LogP contribution in [0.5, 0.6) is 0 Å². The lowest BCUT2D eigenvalue weighted by Gasteiger charge is -2.62. The zero-order chi connectivity index (χ0) is 27.9. The summed E-state index contributed by atoms with van der Waals surface area (Å²) in [4.78, 5) is 39.1. The van der Waals surface area contributed by atoms with Crippen molar-refractivity contribution in [2.45, 2.75) is 59.7 Å². The molecule has 2 fully saturated rings. The van der Waals surface area contributed by atoms with Gasteiger partial charge in [-0.25, -0.2) is 9.78 Å². The third kappa shape index (κ3) is 5.50. The van der Waals surface area contributed by atoms with E-state index in [0.717, 1.165) is 43.7 Å². The Hall–Kier alpha value is -3.46. The maximum Gasteiger partial charge on any atom is 0.415 e. The predicted molar refractivity (Wildman–Crippen MR) is 151 cm³/mol. The van der Waals surface area contributed by atoms with Gasteiger partial charge in [0.25, 0.3) is 0 Å². The molecule has 1 N–H and O–H groups in total. The van der Waals surface area contributed by atoms with Crippen LogP contribution in [0.4, 0.5) is 16.6 Å². The molecule has 0 aliphatic carbocycles. The average Bonchev–Trinajstić information content (AvgIpc) is 2.85. The summed E-state index contributed by atoms with van der Waals surface area (Å²) in [6.45, 7) is 18.9. The molecule has 2 amide bonds. The van der Waals surface area contributed by atoms with Crippen LogP contribution in [0.15, 0.2) is 43.1 Å². The number of fused-ring (bicyclic) bond motifs is 1. The van der Waals surface area contributed by atoms with Gasteiger partial charge in [-0.15, -0.1) is 0 Å². The summed E-state index contributed by atoms with van der Waals surface area (Å²) < 4.78 is 5.19. The third-order valence-electron chi connectivity index (χ3n) is 8.01. The molecule has 1 aromatic heterocycles. The molecule has 9 nitrogen and oxygen atoms in total. The maximum absolute atomic E-state index is 12.1. The van der Waals surface area contributed by atoms with E-state index >= 15 is 0 Å². The number of nitrogens with one attached hydrogen (secondary N) is 1. The molecule has 2 aromatic rings. The Morgan fingerprint density at radius 1 is 1.18 bits per heavy atom. The van der Waals surface area contributed by atoms with Crippen LogP contribution in [0.25, 0.3) is 0 Å². The fraction of sp³-hybridized carbons (Fsp3) is 0.533. The van der Waals surface area contributed by atoms with Crippen molar-refractivity contribution in [2.24, 2.45) is 10.8 Å². The first-order valence-corrected chi connectivity index (χ1v) is 13.8. The fourth-order valence-corrected chi connectivity index (χ4v) is 5.99. The van der Waals surface area contributed by atoms with Gasteiger partial charge >= 0.3 is 6.09 Å². The van der Waals surface area contributed by atoms with Gasteiger partial charge in [0.1, 0.15) is 12.4 Å². The van der Waals surface area contributed by atoms with Crippen molar-refractivity contribution < 1.29 is 14.3 Å². The molecule has 4 heterocycles. The van der Waals surface area contributed by atoms with E-state index in [4.69, 9.17) is 4.74 Å². The average molecular weight is 533 g/mol. The molecule has 3 aliphatic rings. The zero-order valence-corrected chi connectivity index (χ0v) is 23.7. The van der Waals surface area contributed by atoms with Gasteiger partial charge in [-0.1, -0.05) is 51.6 Å². The number of amides is 2. The fourth-order valence-electron chi connectivity index (χ4n) is 5.99. The number of rotatable bonds is 8. The molecule has 1 unspecified atom stereocenters. The number of carbonyl (C=O) groups excluding carboxylic acids is 2. The number of benzene rings is 1. The molecule has 9 heteroatoms. The molecule has 0 bridgehead atoms. The van der Waals surface area contributed by atoms with Crippen LogP contribution in [0.1, 0.15) is 69.8 Å².